The number of nitrogens with zero attached hydrogens (tertiary/aromatic N) is 2. The average molecular weight is 651 g/mol. The molecule has 0 unspecified atom stereocenters. The molecule has 0 aliphatic rings. The molecule has 0 bridgehead atoms. The van der Waals surface area contributed by atoms with Gasteiger partial charge in [-0.15, -0.1) is 0 Å². The van der Waals surface area contributed by atoms with E-state index in [1.165, 1.54) is 54.8 Å². The molecule has 0 radical (unpaired) electrons. The summed E-state index contributed by atoms with van der Waals surface area (Å²) < 4.78 is 11.4. The monoisotopic (exact) mass is 650 g/mol. The minimum absolute atomic E-state index is 0.894. The third-order valence-electron chi connectivity index (χ3n) is 10.5. The highest BCUT2D eigenvalue weighted by molar-refractivity contribution is 6.17. The first-order valence-corrected chi connectivity index (χ1v) is 17.4. The van der Waals surface area contributed by atoms with Gasteiger partial charge >= 0.3 is 0 Å². The van der Waals surface area contributed by atoms with Crippen molar-refractivity contribution in [1.29, 1.82) is 0 Å². The molecule has 3 heterocycles. The zero-order valence-electron chi connectivity index (χ0n) is 27.6. The van der Waals surface area contributed by atoms with Gasteiger partial charge in [-0.05, 0) is 64.7 Å². The summed E-state index contributed by atoms with van der Waals surface area (Å²) in [6.45, 7) is 0. The zero-order valence-corrected chi connectivity index (χ0v) is 27.6. The maximum atomic E-state index is 6.59. The fourth-order valence-electron chi connectivity index (χ4n) is 8.38. The topological polar surface area (TPSA) is 23.0 Å². The summed E-state index contributed by atoms with van der Waals surface area (Å²) >= 11 is 0. The zero-order chi connectivity index (χ0) is 33.5. The van der Waals surface area contributed by atoms with E-state index in [0.717, 1.165) is 44.3 Å². The molecular formula is C48H30N2O. The molecule has 3 aromatic heterocycles. The minimum Gasteiger partial charge on any atom is -0.454 e. The summed E-state index contributed by atoms with van der Waals surface area (Å²) in [6.07, 6.45) is 0. The van der Waals surface area contributed by atoms with Crippen LogP contribution < -0.4 is 0 Å². The van der Waals surface area contributed by atoms with Gasteiger partial charge in [0.25, 0.3) is 0 Å². The molecule has 8 aromatic carbocycles. The summed E-state index contributed by atoms with van der Waals surface area (Å²) in [5.74, 6) is 0. The van der Waals surface area contributed by atoms with Gasteiger partial charge in [0.15, 0.2) is 5.58 Å². The molecule has 11 rings (SSSR count). The van der Waals surface area contributed by atoms with Crippen LogP contribution in [-0.4, -0.2) is 9.13 Å². The largest absolute Gasteiger partial charge is 0.454 e. The van der Waals surface area contributed by atoms with Gasteiger partial charge in [0.1, 0.15) is 5.58 Å². The van der Waals surface area contributed by atoms with E-state index in [-0.39, 0.29) is 0 Å². The van der Waals surface area contributed by atoms with Crippen LogP contribution in [0.5, 0.6) is 0 Å². The molecule has 0 spiro atoms. The van der Waals surface area contributed by atoms with Crippen molar-refractivity contribution in [3.8, 4) is 33.6 Å². The van der Waals surface area contributed by atoms with Gasteiger partial charge in [-0.1, -0.05) is 140 Å². The fraction of sp³-hybridized carbons (Fsp3) is 0. The Morgan fingerprint density at radius 3 is 1.82 bits per heavy atom. The van der Waals surface area contributed by atoms with Gasteiger partial charge in [-0.25, -0.2) is 0 Å². The van der Waals surface area contributed by atoms with E-state index < -0.39 is 0 Å². The quantitative estimate of drug-likeness (QED) is 0.186. The van der Waals surface area contributed by atoms with E-state index in [1.807, 2.05) is 6.07 Å². The van der Waals surface area contributed by atoms with Gasteiger partial charge in [0.05, 0.1) is 27.8 Å². The van der Waals surface area contributed by atoms with E-state index in [4.69, 9.17) is 4.42 Å². The Balaban J connectivity index is 1.20. The highest BCUT2D eigenvalue weighted by Gasteiger charge is 2.21. The minimum atomic E-state index is 0.894. The van der Waals surface area contributed by atoms with Crippen molar-refractivity contribution < 1.29 is 4.42 Å². The highest BCUT2D eigenvalue weighted by Crippen LogP contribution is 2.43. The third-order valence-corrected chi connectivity index (χ3v) is 10.5. The Labute approximate surface area is 293 Å². The van der Waals surface area contributed by atoms with Gasteiger partial charge in [0, 0.05) is 38.0 Å². The van der Waals surface area contributed by atoms with E-state index >= 15 is 0 Å². The van der Waals surface area contributed by atoms with E-state index in [9.17, 15) is 0 Å². The standard InChI is InChI=1S/C48H30N2O/c1-2-14-31(15-3-1)33-16-4-5-17-34(33)38-21-12-25-43-47(38)40-20-7-10-24-42(40)49(43)32-28-29-36-35-18-6-9-23-41(35)50(45(36)30-32)44-26-13-22-39-37-19-8-11-27-46(37)51-48(39)44/h1-30H. The first kappa shape index (κ1) is 28.0. The number of aromatic nitrogens is 2. The van der Waals surface area contributed by atoms with Crippen molar-refractivity contribution in [2.75, 3.05) is 0 Å². The van der Waals surface area contributed by atoms with Gasteiger partial charge in [-0.2, -0.15) is 0 Å². The Kier molecular flexibility index (Phi) is 5.96. The second-order valence-corrected chi connectivity index (χ2v) is 13.3. The smallest absolute Gasteiger partial charge is 0.159 e. The molecular weight excluding hydrogens is 621 g/mol. The molecule has 0 aliphatic carbocycles. The molecule has 0 saturated carbocycles. The molecule has 51 heavy (non-hydrogen) atoms. The Hall–Kier alpha value is -6.84. The lowest BCUT2D eigenvalue weighted by molar-refractivity contribution is 0.666. The van der Waals surface area contributed by atoms with Crippen LogP contribution in [-0.2, 0) is 0 Å². The molecule has 3 heteroatoms. The summed E-state index contributed by atoms with van der Waals surface area (Å²) in [5, 5.41) is 7.17. The molecule has 0 fully saturated rings. The third kappa shape index (κ3) is 4.06. The van der Waals surface area contributed by atoms with Crippen molar-refractivity contribution in [3.63, 3.8) is 0 Å². The van der Waals surface area contributed by atoms with E-state index in [0.29, 0.717) is 0 Å². The average Bonchev–Trinajstić information content (AvgIpc) is 3.86. The summed E-state index contributed by atoms with van der Waals surface area (Å²) in [6, 6.07) is 65.4. The molecule has 0 aliphatic heterocycles. The Morgan fingerprint density at radius 2 is 0.961 bits per heavy atom. The lowest BCUT2D eigenvalue weighted by Crippen LogP contribution is -1.97. The van der Waals surface area contributed by atoms with Crippen LogP contribution in [0.2, 0.25) is 0 Å². The number of para-hydroxylation sites is 4. The van der Waals surface area contributed by atoms with Crippen molar-refractivity contribution in [3.05, 3.63) is 182 Å². The van der Waals surface area contributed by atoms with Crippen LogP contribution in [0.1, 0.15) is 0 Å². The van der Waals surface area contributed by atoms with Crippen LogP contribution >= 0.6 is 0 Å². The first-order chi connectivity index (χ1) is 25.3. The second kappa shape index (κ2) is 10.8. The van der Waals surface area contributed by atoms with Crippen LogP contribution in [0.15, 0.2) is 186 Å². The Morgan fingerprint density at radius 1 is 0.353 bits per heavy atom. The van der Waals surface area contributed by atoms with Gasteiger partial charge in [0.2, 0.25) is 0 Å². The summed E-state index contributed by atoms with van der Waals surface area (Å²) in [5.41, 5.74) is 13.5. The van der Waals surface area contributed by atoms with Crippen molar-refractivity contribution in [2.24, 2.45) is 0 Å². The summed E-state index contributed by atoms with van der Waals surface area (Å²) in [4.78, 5) is 0. The normalized spacial score (nSPS) is 11.9. The SMILES string of the molecule is c1ccc(-c2ccccc2-c2cccc3c2c2ccccc2n3-c2ccc3c4ccccc4n(-c4cccc5c4oc4ccccc45)c3c2)cc1. The van der Waals surface area contributed by atoms with Crippen LogP contribution in [0.25, 0.3) is 99.2 Å². The molecule has 0 amide bonds. The van der Waals surface area contributed by atoms with Crippen molar-refractivity contribution in [2.45, 2.75) is 0 Å². The van der Waals surface area contributed by atoms with Crippen LogP contribution in [0, 0.1) is 0 Å². The number of fused-ring (bicyclic) bond motifs is 9. The maximum absolute atomic E-state index is 6.59. The van der Waals surface area contributed by atoms with Gasteiger partial charge in [-0.3, -0.25) is 0 Å². The Bertz CT molecular complexity index is 3140. The number of hydrogen-bond donors (Lipinski definition) is 0. The molecule has 0 saturated heterocycles. The van der Waals surface area contributed by atoms with Gasteiger partial charge < -0.3 is 13.6 Å². The number of hydrogen-bond acceptors (Lipinski definition) is 1. The lowest BCUT2D eigenvalue weighted by Gasteiger charge is -2.13. The van der Waals surface area contributed by atoms with Crippen molar-refractivity contribution in [1.82, 2.24) is 9.13 Å². The molecule has 0 atom stereocenters. The molecule has 11 aromatic rings. The number of furan rings is 1. The van der Waals surface area contributed by atoms with E-state index in [2.05, 4.69) is 185 Å². The predicted octanol–water partition coefficient (Wildman–Crippen LogP) is 13.1. The molecule has 238 valence electrons. The number of rotatable bonds is 4. The fourth-order valence-corrected chi connectivity index (χ4v) is 8.38. The first-order valence-electron chi connectivity index (χ1n) is 17.4. The summed E-state index contributed by atoms with van der Waals surface area (Å²) in [7, 11) is 0. The highest BCUT2D eigenvalue weighted by atomic mass is 16.3. The maximum Gasteiger partial charge on any atom is 0.159 e. The second-order valence-electron chi connectivity index (χ2n) is 13.3. The van der Waals surface area contributed by atoms with Crippen LogP contribution in [0.3, 0.4) is 0 Å². The lowest BCUT2D eigenvalue weighted by atomic mass is 9.92. The molecule has 0 N–H and O–H groups in total. The van der Waals surface area contributed by atoms with Crippen LogP contribution in [0.4, 0.5) is 0 Å². The van der Waals surface area contributed by atoms with Crippen molar-refractivity contribution >= 4 is 65.6 Å². The van der Waals surface area contributed by atoms with E-state index in [1.54, 1.807) is 0 Å². The number of benzene rings is 8. The molecule has 3 nitrogen and oxygen atoms in total. The predicted molar refractivity (Wildman–Crippen MR) is 213 cm³/mol.